The van der Waals surface area contributed by atoms with E-state index in [2.05, 4.69) is 5.32 Å². The van der Waals surface area contributed by atoms with Gasteiger partial charge >= 0.3 is 5.97 Å². The van der Waals surface area contributed by atoms with Crippen LogP contribution in [-0.2, 0) is 4.79 Å². The maximum Gasteiger partial charge on any atom is 0.335 e. The van der Waals surface area contributed by atoms with Crippen LogP contribution >= 0.6 is 0 Å². The molecule has 1 aromatic rings. The summed E-state index contributed by atoms with van der Waals surface area (Å²) in [6, 6.07) is 6.27. The van der Waals surface area contributed by atoms with Gasteiger partial charge in [0.25, 0.3) is 5.91 Å². The minimum Gasteiger partial charge on any atom is -0.484 e. The van der Waals surface area contributed by atoms with Crippen molar-refractivity contribution in [2.45, 2.75) is 18.9 Å². The Morgan fingerprint density at radius 1 is 1.29 bits per heavy atom. The summed E-state index contributed by atoms with van der Waals surface area (Å²) in [6.07, 6.45) is 2.08. The number of amides is 1. The quantitative estimate of drug-likeness (QED) is 0.799. The highest BCUT2D eigenvalue weighted by Gasteiger charge is 2.23. The molecule has 90 valence electrons. The molecule has 1 aliphatic rings. The number of carboxylic acids is 1. The third-order valence-corrected chi connectivity index (χ3v) is 2.41. The minimum absolute atomic E-state index is 0.0388. The summed E-state index contributed by atoms with van der Waals surface area (Å²) in [5.41, 5.74) is 0.194. The number of nitrogens with one attached hydrogen (secondary N) is 1. The Bertz CT molecular complexity index is 423. The van der Waals surface area contributed by atoms with Crippen molar-refractivity contribution in [3.63, 3.8) is 0 Å². The van der Waals surface area contributed by atoms with Crippen LogP contribution in [0, 0.1) is 0 Å². The fourth-order valence-electron chi connectivity index (χ4n) is 1.34. The predicted octanol–water partition coefficient (Wildman–Crippen LogP) is 1.04. The van der Waals surface area contributed by atoms with Crippen molar-refractivity contribution in [1.82, 2.24) is 5.32 Å². The molecule has 0 aromatic heterocycles. The van der Waals surface area contributed by atoms with Crippen LogP contribution < -0.4 is 10.1 Å². The lowest BCUT2D eigenvalue weighted by Gasteiger charge is -2.06. The van der Waals surface area contributed by atoms with E-state index in [1.807, 2.05) is 0 Å². The Kier molecular flexibility index (Phi) is 3.27. The molecule has 0 heterocycles. The van der Waals surface area contributed by atoms with Gasteiger partial charge in [-0.3, -0.25) is 4.79 Å². The molecule has 0 bridgehead atoms. The summed E-state index contributed by atoms with van der Waals surface area (Å²) in [6.45, 7) is -0.0388. The molecule has 17 heavy (non-hydrogen) atoms. The average Bonchev–Trinajstić information content (AvgIpc) is 3.11. The maximum absolute atomic E-state index is 11.3. The van der Waals surface area contributed by atoms with E-state index in [0.717, 1.165) is 12.8 Å². The molecular formula is C12H13NO4. The number of benzene rings is 1. The van der Waals surface area contributed by atoms with Crippen LogP contribution in [0.15, 0.2) is 24.3 Å². The van der Waals surface area contributed by atoms with Crippen molar-refractivity contribution in [3.05, 3.63) is 29.8 Å². The Balaban J connectivity index is 1.81. The van der Waals surface area contributed by atoms with E-state index in [4.69, 9.17) is 9.84 Å². The Hall–Kier alpha value is -2.04. The zero-order valence-electron chi connectivity index (χ0n) is 9.18. The van der Waals surface area contributed by atoms with Crippen LogP contribution in [0.2, 0.25) is 0 Å². The van der Waals surface area contributed by atoms with Crippen LogP contribution in [0.3, 0.4) is 0 Å². The molecule has 5 heteroatoms. The van der Waals surface area contributed by atoms with Crippen molar-refractivity contribution in [1.29, 1.82) is 0 Å². The smallest absolute Gasteiger partial charge is 0.335 e. The monoisotopic (exact) mass is 235 g/mol. The first-order valence-corrected chi connectivity index (χ1v) is 5.40. The molecule has 1 aromatic carbocycles. The molecule has 0 unspecified atom stereocenters. The van der Waals surface area contributed by atoms with Crippen LogP contribution in [0.1, 0.15) is 23.2 Å². The summed E-state index contributed by atoms with van der Waals surface area (Å²) in [5.74, 6) is -0.640. The molecule has 0 saturated heterocycles. The summed E-state index contributed by atoms with van der Waals surface area (Å²) >= 11 is 0. The molecule has 5 nitrogen and oxygen atoms in total. The second-order valence-electron chi connectivity index (χ2n) is 3.96. The molecule has 2 N–H and O–H groups in total. The molecule has 0 atom stereocenters. The van der Waals surface area contributed by atoms with Crippen molar-refractivity contribution >= 4 is 11.9 Å². The van der Waals surface area contributed by atoms with Gasteiger partial charge in [-0.15, -0.1) is 0 Å². The van der Waals surface area contributed by atoms with Crippen molar-refractivity contribution in [2.75, 3.05) is 6.61 Å². The third-order valence-electron chi connectivity index (χ3n) is 2.41. The number of carbonyl (C=O) groups is 2. The number of carboxylic acid groups (broad SMARTS) is 1. The Morgan fingerprint density at radius 2 is 1.94 bits per heavy atom. The van der Waals surface area contributed by atoms with Crippen molar-refractivity contribution in [2.24, 2.45) is 0 Å². The lowest BCUT2D eigenvalue weighted by atomic mass is 10.2. The molecule has 0 radical (unpaired) electrons. The fourth-order valence-corrected chi connectivity index (χ4v) is 1.34. The van der Waals surface area contributed by atoms with Gasteiger partial charge in [-0.25, -0.2) is 4.79 Å². The van der Waals surface area contributed by atoms with E-state index in [0.29, 0.717) is 11.8 Å². The van der Waals surface area contributed by atoms with Gasteiger partial charge in [0.15, 0.2) is 6.61 Å². The average molecular weight is 235 g/mol. The summed E-state index contributed by atoms with van der Waals surface area (Å²) < 4.78 is 5.23. The van der Waals surface area contributed by atoms with Crippen molar-refractivity contribution in [3.8, 4) is 5.75 Å². The summed E-state index contributed by atoms with van der Waals surface area (Å²) in [5, 5.41) is 11.5. The van der Waals surface area contributed by atoms with Crippen LogP contribution in [0.25, 0.3) is 0 Å². The zero-order valence-corrected chi connectivity index (χ0v) is 9.18. The standard InChI is InChI=1S/C12H13NO4/c14-11(13-9-3-4-9)7-17-10-5-1-8(2-6-10)12(15)16/h1-2,5-6,9H,3-4,7H2,(H,13,14)(H,15,16). The van der Waals surface area contributed by atoms with E-state index in [9.17, 15) is 9.59 Å². The molecule has 2 rings (SSSR count). The van der Waals surface area contributed by atoms with Crippen molar-refractivity contribution < 1.29 is 19.4 Å². The number of hydrogen-bond acceptors (Lipinski definition) is 3. The highest BCUT2D eigenvalue weighted by Crippen LogP contribution is 2.18. The molecule has 1 fully saturated rings. The number of rotatable bonds is 5. The summed E-state index contributed by atoms with van der Waals surface area (Å²) in [4.78, 5) is 21.9. The second-order valence-corrected chi connectivity index (χ2v) is 3.96. The van der Waals surface area contributed by atoms with E-state index in [1.54, 1.807) is 0 Å². The van der Waals surface area contributed by atoms with Crippen LogP contribution in [-0.4, -0.2) is 29.6 Å². The van der Waals surface area contributed by atoms with Gasteiger partial charge in [-0.1, -0.05) is 0 Å². The van der Waals surface area contributed by atoms with Gasteiger partial charge in [0.2, 0.25) is 0 Å². The maximum atomic E-state index is 11.3. The lowest BCUT2D eigenvalue weighted by Crippen LogP contribution is -2.30. The van der Waals surface area contributed by atoms with Crippen LogP contribution in [0.5, 0.6) is 5.75 Å². The van der Waals surface area contributed by atoms with Gasteiger partial charge in [-0.05, 0) is 37.1 Å². The molecular weight excluding hydrogens is 222 g/mol. The van der Waals surface area contributed by atoms with Gasteiger partial charge in [0.1, 0.15) is 5.75 Å². The third kappa shape index (κ3) is 3.48. The zero-order chi connectivity index (χ0) is 12.3. The van der Waals surface area contributed by atoms with E-state index in [-0.39, 0.29) is 18.1 Å². The van der Waals surface area contributed by atoms with E-state index >= 15 is 0 Å². The largest absolute Gasteiger partial charge is 0.484 e. The molecule has 1 aliphatic carbocycles. The Labute approximate surface area is 98.4 Å². The van der Waals surface area contributed by atoms with Gasteiger partial charge in [-0.2, -0.15) is 0 Å². The molecule has 0 aliphatic heterocycles. The fraction of sp³-hybridized carbons (Fsp3) is 0.333. The highest BCUT2D eigenvalue weighted by molar-refractivity contribution is 5.87. The number of carbonyl (C=O) groups excluding carboxylic acids is 1. The minimum atomic E-state index is -0.983. The predicted molar refractivity (Wildman–Crippen MR) is 60.1 cm³/mol. The topological polar surface area (TPSA) is 75.6 Å². The lowest BCUT2D eigenvalue weighted by molar-refractivity contribution is -0.123. The first kappa shape index (κ1) is 11.4. The normalized spacial score (nSPS) is 14.1. The first-order chi connectivity index (χ1) is 8.15. The van der Waals surface area contributed by atoms with Gasteiger partial charge < -0.3 is 15.2 Å². The summed E-state index contributed by atoms with van der Waals surface area (Å²) in [7, 11) is 0. The number of ether oxygens (including phenoxy) is 1. The number of hydrogen-bond donors (Lipinski definition) is 2. The van der Waals surface area contributed by atoms with Gasteiger partial charge in [0, 0.05) is 6.04 Å². The molecule has 1 amide bonds. The van der Waals surface area contributed by atoms with Crippen LogP contribution in [0.4, 0.5) is 0 Å². The Morgan fingerprint density at radius 3 is 2.47 bits per heavy atom. The molecule has 0 spiro atoms. The first-order valence-electron chi connectivity index (χ1n) is 5.40. The van der Waals surface area contributed by atoms with E-state index in [1.165, 1.54) is 24.3 Å². The number of aromatic carboxylic acids is 1. The molecule has 1 saturated carbocycles. The van der Waals surface area contributed by atoms with Gasteiger partial charge in [0.05, 0.1) is 5.56 Å². The highest BCUT2D eigenvalue weighted by atomic mass is 16.5. The SMILES string of the molecule is O=C(COc1ccc(C(=O)O)cc1)NC1CC1. The van der Waals surface area contributed by atoms with E-state index < -0.39 is 5.97 Å². The second kappa shape index (κ2) is 4.86.